The van der Waals surface area contributed by atoms with Gasteiger partial charge in [-0.25, -0.2) is 14.3 Å². The SMILES string of the molecule is CCOC(=O)c1c(-c2ccccc2)nc2ccc(N3CC4OC[C@@H]43)nn12. The first-order valence-corrected chi connectivity index (χ1v) is 8.77. The number of benzene rings is 1. The molecule has 4 heterocycles. The fourth-order valence-corrected chi connectivity index (χ4v) is 3.49. The molecule has 26 heavy (non-hydrogen) atoms. The first-order chi connectivity index (χ1) is 12.8. The number of fused-ring (bicyclic) bond motifs is 2. The van der Waals surface area contributed by atoms with Crippen molar-refractivity contribution in [2.45, 2.75) is 19.1 Å². The first kappa shape index (κ1) is 15.3. The van der Waals surface area contributed by atoms with Crippen molar-refractivity contribution in [1.82, 2.24) is 14.6 Å². The number of hydrogen-bond donors (Lipinski definition) is 0. The van der Waals surface area contributed by atoms with Crippen LogP contribution < -0.4 is 4.90 Å². The van der Waals surface area contributed by atoms with Crippen molar-refractivity contribution in [2.24, 2.45) is 0 Å². The molecule has 2 aromatic heterocycles. The zero-order valence-corrected chi connectivity index (χ0v) is 14.3. The molecule has 3 aromatic rings. The number of morpholine rings is 1. The van der Waals surface area contributed by atoms with Gasteiger partial charge in [-0.1, -0.05) is 30.3 Å². The molecule has 1 unspecified atom stereocenters. The molecule has 7 heteroatoms. The first-order valence-electron chi connectivity index (χ1n) is 8.77. The van der Waals surface area contributed by atoms with Crippen LogP contribution in [0.15, 0.2) is 42.5 Å². The third-order valence-electron chi connectivity index (χ3n) is 4.96. The Morgan fingerprint density at radius 2 is 2.12 bits per heavy atom. The average molecular weight is 350 g/mol. The van der Waals surface area contributed by atoms with E-state index in [4.69, 9.17) is 9.47 Å². The quantitative estimate of drug-likeness (QED) is 0.672. The molecule has 2 aliphatic heterocycles. The van der Waals surface area contributed by atoms with Crippen molar-refractivity contribution in [3.05, 3.63) is 48.2 Å². The molecule has 2 aliphatic rings. The maximum absolute atomic E-state index is 12.6. The van der Waals surface area contributed by atoms with Crippen LogP contribution in [0.4, 0.5) is 5.82 Å². The van der Waals surface area contributed by atoms with E-state index in [-0.39, 0.29) is 0 Å². The molecule has 2 saturated heterocycles. The van der Waals surface area contributed by atoms with Crippen molar-refractivity contribution < 1.29 is 14.3 Å². The smallest absolute Gasteiger partial charge is 0.359 e. The van der Waals surface area contributed by atoms with Gasteiger partial charge in [-0.3, -0.25) is 0 Å². The maximum Gasteiger partial charge on any atom is 0.359 e. The minimum Gasteiger partial charge on any atom is -0.461 e. The lowest BCUT2D eigenvalue weighted by molar-refractivity contribution is -0.113. The summed E-state index contributed by atoms with van der Waals surface area (Å²) in [4.78, 5) is 19.5. The molecule has 0 N–H and O–H groups in total. The lowest BCUT2D eigenvalue weighted by Crippen LogP contribution is -2.71. The number of ether oxygens (including phenoxy) is 2. The van der Waals surface area contributed by atoms with Gasteiger partial charge in [-0.2, -0.15) is 0 Å². The molecule has 0 spiro atoms. The summed E-state index contributed by atoms with van der Waals surface area (Å²) >= 11 is 0. The molecule has 2 atom stereocenters. The summed E-state index contributed by atoms with van der Waals surface area (Å²) in [5.41, 5.74) is 2.43. The largest absolute Gasteiger partial charge is 0.461 e. The van der Waals surface area contributed by atoms with Gasteiger partial charge in [0.1, 0.15) is 11.5 Å². The predicted octanol–water partition coefficient (Wildman–Crippen LogP) is 2.16. The lowest BCUT2D eigenvalue weighted by atomic mass is 9.95. The number of carbonyl (C=O) groups is 1. The highest BCUT2D eigenvalue weighted by Crippen LogP contribution is 2.34. The summed E-state index contributed by atoms with van der Waals surface area (Å²) in [5, 5.41) is 4.69. The summed E-state index contributed by atoms with van der Waals surface area (Å²) in [5.74, 6) is 0.404. The monoisotopic (exact) mass is 350 g/mol. The minimum atomic E-state index is -0.419. The molecule has 132 valence electrons. The highest BCUT2D eigenvalue weighted by atomic mass is 16.5. The number of esters is 1. The Morgan fingerprint density at radius 1 is 1.27 bits per heavy atom. The van der Waals surface area contributed by atoms with Crippen LogP contribution in [-0.2, 0) is 9.47 Å². The van der Waals surface area contributed by atoms with E-state index < -0.39 is 5.97 Å². The summed E-state index contributed by atoms with van der Waals surface area (Å²) in [6.45, 7) is 3.65. The third kappa shape index (κ3) is 2.20. The Kier molecular flexibility index (Phi) is 3.43. The minimum absolute atomic E-state index is 0.299. The highest BCUT2D eigenvalue weighted by Gasteiger charge is 2.48. The Labute approximate surface area is 150 Å². The Hall–Kier alpha value is -2.93. The van der Waals surface area contributed by atoms with Gasteiger partial charge >= 0.3 is 5.97 Å². The van der Waals surface area contributed by atoms with E-state index >= 15 is 0 Å². The molecular formula is C19H18N4O3. The van der Waals surface area contributed by atoms with E-state index in [1.165, 1.54) is 0 Å². The van der Waals surface area contributed by atoms with E-state index in [2.05, 4.69) is 15.0 Å². The number of anilines is 1. The molecular weight excluding hydrogens is 332 g/mol. The second-order valence-electron chi connectivity index (χ2n) is 6.45. The van der Waals surface area contributed by atoms with Crippen LogP contribution in [0.2, 0.25) is 0 Å². The Balaban J connectivity index is 1.64. The highest BCUT2D eigenvalue weighted by molar-refractivity contribution is 5.95. The van der Waals surface area contributed by atoms with Gasteiger partial charge in [0.05, 0.1) is 25.4 Å². The zero-order valence-electron chi connectivity index (χ0n) is 14.3. The molecule has 2 fully saturated rings. The molecule has 0 saturated carbocycles. The van der Waals surface area contributed by atoms with Gasteiger partial charge in [0.25, 0.3) is 0 Å². The molecule has 1 aromatic carbocycles. The number of imidazole rings is 1. The lowest BCUT2D eigenvalue weighted by Gasteiger charge is -2.55. The van der Waals surface area contributed by atoms with E-state index in [0.717, 1.165) is 24.5 Å². The second-order valence-corrected chi connectivity index (χ2v) is 6.45. The number of carbonyl (C=O) groups excluding carboxylic acids is 1. The fraction of sp³-hybridized carbons (Fsp3) is 0.316. The van der Waals surface area contributed by atoms with Gasteiger partial charge in [0.15, 0.2) is 11.3 Å². The van der Waals surface area contributed by atoms with Gasteiger partial charge < -0.3 is 14.4 Å². The van der Waals surface area contributed by atoms with E-state index in [9.17, 15) is 4.79 Å². The fourth-order valence-electron chi connectivity index (χ4n) is 3.49. The number of hydrogen-bond acceptors (Lipinski definition) is 6. The molecule has 5 rings (SSSR count). The number of aromatic nitrogens is 3. The van der Waals surface area contributed by atoms with Crippen LogP contribution in [0, 0.1) is 0 Å². The molecule has 0 amide bonds. The molecule has 0 radical (unpaired) electrons. The summed E-state index contributed by atoms with van der Waals surface area (Å²) in [6, 6.07) is 13.9. The predicted molar refractivity (Wildman–Crippen MR) is 95.3 cm³/mol. The van der Waals surface area contributed by atoms with Crippen LogP contribution in [0.3, 0.4) is 0 Å². The van der Waals surface area contributed by atoms with Gasteiger partial charge in [0, 0.05) is 12.1 Å². The van der Waals surface area contributed by atoms with Crippen molar-refractivity contribution in [3.8, 4) is 11.3 Å². The van der Waals surface area contributed by atoms with Crippen LogP contribution in [0.5, 0.6) is 0 Å². The molecule has 7 nitrogen and oxygen atoms in total. The summed E-state index contributed by atoms with van der Waals surface area (Å²) in [7, 11) is 0. The van der Waals surface area contributed by atoms with Gasteiger partial charge in [-0.05, 0) is 19.1 Å². The van der Waals surface area contributed by atoms with Crippen molar-refractivity contribution in [2.75, 3.05) is 24.7 Å². The number of nitrogens with zero attached hydrogens (tertiary/aromatic N) is 4. The topological polar surface area (TPSA) is 69.0 Å². The Morgan fingerprint density at radius 3 is 2.77 bits per heavy atom. The van der Waals surface area contributed by atoms with Crippen LogP contribution >= 0.6 is 0 Å². The number of rotatable bonds is 4. The average Bonchev–Trinajstić information content (AvgIpc) is 3.03. The van der Waals surface area contributed by atoms with Gasteiger partial charge in [0.2, 0.25) is 0 Å². The van der Waals surface area contributed by atoms with Crippen LogP contribution in [-0.4, -0.2) is 52.5 Å². The zero-order chi connectivity index (χ0) is 17.7. The second kappa shape index (κ2) is 5.81. The van der Waals surface area contributed by atoms with E-state index in [1.807, 2.05) is 42.5 Å². The maximum atomic E-state index is 12.6. The van der Waals surface area contributed by atoms with E-state index in [0.29, 0.717) is 35.8 Å². The summed E-state index contributed by atoms with van der Waals surface area (Å²) in [6.07, 6.45) is 0.319. The standard InChI is InChI=1S/C19H18N4O3/c1-2-25-19(24)18-17(12-6-4-3-5-7-12)20-15-8-9-16(21-23(15)18)22-10-14-13(22)11-26-14/h3-9,13-14H,2,10-11H2,1H3/t13-,14?/m0/s1. The molecule has 0 bridgehead atoms. The van der Waals surface area contributed by atoms with Crippen molar-refractivity contribution >= 4 is 17.4 Å². The normalized spacial score (nSPS) is 21.0. The van der Waals surface area contributed by atoms with Crippen LogP contribution in [0.1, 0.15) is 17.4 Å². The van der Waals surface area contributed by atoms with Gasteiger partial charge in [-0.15, -0.1) is 5.10 Å². The third-order valence-corrected chi connectivity index (χ3v) is 4.96. The molecule has 0 aliphatic carbocycles. The summed E-state index contributed by atoms with van der Waals surface area (Å²) < 4.78 is 12.3. The van der Waals surface area contributed by atoms with Crippen molar-refractivity contribution in [3.63, 3.8) is 0 Å². The Bertz CT molecular complexity index is 985. The van der Waals surface area contributed by atoms with Crippen LogP contribution in [0.25, 0.3) is 16.9 Å². The van der Waals surface area contributed by atoms with E-state index in [1.54, 1.807) is 11.4 Å². The van der Waals surface area contributed by atoms with Crippen molar-refractivity contribution in [1.29, 1.82) is 0 Å².